The summed E-state index contributed by atoms with van der Waals surface area (Å²) in [6, 6.07) is 3.76. The number of H-pyrrole nitrogens is 1. The fraction of sp³-hybridized carbons (Fsp3) is 0.111. The topological polar surface area (TPSA) is 45.8 Å². The molecule has 0 fully saturated rings. The number of rotatable bonds is 1. The molecule has 4 heteroatoms. The molecule has 13 heavy (non-hydrogen) atoms. The van der Waals surface area contributed by atoms with Crippen LogP contribution in [0.5, 0.6) is 0 Å². The maximum absolute atomic E-state index is 11.0. The first kappa shape index (κ1) is 8.19. The van der Waals surface area contributed by atoms with E-state index in [1.165, 1.54) is 11.3 Å². The summed E-state index contributed by atoms with van der Waals surface area (Å²) in [6.45, 7) is 1.93. The van der Waals surface area contributed by atoms with Crippen LogP contribution in [0.3, 0.4) is 0 Å². The summed E-state index contributed by atoms with van der Waals surface area (Å²) in [7, 11) is 0. The Kier molecular flexibility index (Phi) is 1.98. The first-order chi connectivity index (χ1) is 6.27. The fourth-order valence-electron chi connectivity index (χ4n) is 1.20. The molecule has 0 atom stereocenters. The lowest BCUT2D eigenvalue weighted by Crippen LogP contribution is -1.92. The second-order valence-electron chi connectivity index (χ2n) is 2.68. The van der Waals surface area contributed by atoms with E-state index in [-0.39, 0.29) is 4.87 Å². The van der Waals surface area contributed by atoms with Gasteiger partial charge in [0.1, 0.15) is 0 Å². The van der Waals surface area contributed by atoms with Crippen molar-refractivity contribution in [1.82, 2.24) is 9.97 Å². The van der Waals surface area contributed by atoms with Crippen molar-refractivity contribution in [1.29, 1.82) is 0 Å². The lowest BCUT2D eigenvalue weighted by molar-refractivity contribution is 1.28. The predicted octanol–water partition coefficient (Wildman–Crippen LogP) is 1.81. The van der Waals surface area contributed by atoms with Gasteiger partial charge in [0.25, 0.3) is 0 Å². The SMILES string of the molecule is Cc1sc(=O)[nH]c1-c1ccncc1. The first-order valence-corrected chi connectivity index (χ1v) is 4.69. The summed E-state index contributed by atoms with van der Waals surface area (Å²) in [5, 5.41) is 0. The molecular weight excluding hydrogens is 184 g/mol. The van der Waals surface area contributed by atoms with E-state index in [0.29, 0.717) is 0 Å². The number of nitrogens with zero attached hydrogens (tertiary/aromatic N) is 1. The first-order valence-electron chi connectivity index (χ1n) is 3.87. The van der Waals surface area contributed by atoms with Crippen molar-refractivity contribution in [2.24, 2.45) is 0 Å². The van der Waals surface area contributed by atoms with Crippen LogP contribution in [0, 0.1) is 6.92 Å². The van der Waals surface area contributed by atoms with Gasteiger partial charge in [-0.2, -0.15) is 0 Å². The van der Waals surface area contributed by atoms with E-state index in [1.807, 2.05) is 19.1 Å². The largest absolute Gasteiger partial charge is 0.312 e. The standard InChI is InChI=1S/C9H8N2OS/c1-6-8(11-9(12)13-6)7-2-4-10-5-3-7/h2-5H,1H3,(H,11,12). The summed E-state index contributed by atoms with van der Waals surface area (Å²) in [6.07, 6.45) is 3.43. The van der Waals surface area contributed by atoms with E-state index < -0.39 is 0 Å². The van der Waals surface area contributed by atoms with Crippen LogP contribution < -0.4 is 4.87 Å². The van der Waals surface area contributed by atoms with E-state index in [2.05, 4.69) is 9.97 Å². The van der Waals surface area contributed by atoms with Crippen molar-refractivity contribution in [2.45, 2.75) is 6.92 Å². The van der Waals surface area contributed by atoms with Crippen LogP contribution in [0.4, 0.5) is 0 Å². The Bertz CT molecular complexity index is 458. The number of hydrogen-bond donors (Lipinski definition) is 1. The molecule has 66 valence electrons. The molecule has 2 rings (SSSR count). The molecular formula is C9H8N2OS. The number of thiazole rings is 1. The van der Waals surface area contributed by atoms with Crippen LogP contribution in [0.1, 0.15) is 4.88 Å². The van der Waals surface area contributed by atoms with Crippen molar-refractivity contribution in [2.75, 3.05) is 0 Å². The van der Waals surface area contributed by atoms with E-state index in [0.717, 1.165) is 16.1 Å². The Balaban J connectivity index is 2.59. The molecule has 0 saturated carbocycles. The Morgan fingerprint density at radius 1 is 1.38 bits per heavy atom. The molecule has 0 aliphatic carbocycles. The zero-order valence-electron chi connectivity index (χ0n) is 7.07. The lowest BCUT2D eigenvalue weighted by atomic mass is 10.2. The number of aromatic amines is 1. The molecule has 0 aliphatic rings. The van der Waals surface area contributed by atoms with E-state index >= 15 is 0 Å². The van der Waals surface area contributed by atoms with Crippen LogP contribution >= 0.6 is 11.3 Å². The van der Waals surface area contributed by atoms with Crippen LogP contribution in [-0.2, 0) is 0 Å². The van der Waals surface area contributed by atoms with Crippen molar-refractivity contribution in [3.05, 3.63) is 39.1 Å². The minimum absolute atomic E-state index is 0.00990. The lowest BCUT2D eigenvalue weighted by Gasteiger charge is -1.96. The highest BCUT2D eigenvalue weighted by atomic mass is 32.1. The molecule has 0 saturated heterocycles. The number of nitrogens with one attached hydrogen (secondary N) is 1. The van der Waals surface area contributed by atoms with Gasteiger partial charge < -0.3 is 4.98 Å². The highest BCUT2D eigenvalue weighted by molar-refractivity contribution is 7.09. The fourth-order valence-corrected chi connectivity index (χ4v) is 1.90. The van der Waals surface area contributed by atoms with Crippen LogP contribution in [0.25, 0.3) is 11.3 Å². The van der Waals surface area contributed by atoms with Crippen LogP contribution in [-0.4, -0.2) is 9.97 Å². The van der Waals surface area contributed by atoms with Gasteiger partial charge in [-0.25, -0.2) is 0 Å². The van der Waals surface area contributed by atoms with Gasteiger partial charge in [-0.15, -0.1) is 0 Å². The zero-order valence-corrected chi connectivity index (χ0v) is 7.89. The Morgan fingerprint density at radius 2 is 2.08 bits per heavy atom. The minimum atomic E-state index is -0.00990. The Hall–Kier alpha value is -1.42. The maximum atomic E-state index is 11.0. The molecule has 0 aliphatic heterocycles. The number of hydrogen-bond acceptors (Lipinski definition) is 3. The highest BCUT2D eigenvalue weighted by Gasteiger charge is 2.04. The predicted molar refractivity (Wildman–Crippen MR) is 52.9 cm³/mol. The van der Waals surface area contributed by atoms with Crippen molar-refractivity contribution in [3.8, 4) is 11.3 Å². The number of pyridine rings is 1. The monoisotopic (exact) mass is 192 g/mol. The van der Waals surface area contributed by atoms with Crippen LogP contribution in [0.2, 0.25) is 0 Å². The maximum Gasteiger partial charge on any atom is 0.305 e. The molecule has 0 radical (unpaired) electrons. The van der Waals surface area contributed by atoms with Gasteiger partial charge in [-0.05, 0) is 19.1 Å². The van der Waals surface area contributed by atoms with Gasteiger partial charge in [-0.1, -0.05) is 11.3 Å². The molecule has 2 aromatic rings. The molecule has 0 amide bonds. The van der Waals surface area contributed by atoms with Gasteiger partial charge in [0, 0.05) is 22.8 Å². The number of aryl methyl sites for hydroxylation is 1. The molecule has 3 nitrogen and oxygen atoms in total. The highest BCUT2D eigenvalue weighted by Crippen LogP contribution is 2.20. The third-order valence-corrected chi connectivity index (χ3v) is 2.59. The smallest absolute Gasteiger partial charge is 0.305 e. The average Bonchev–Trinajstić information content (AvgIpc) is 2.47. The van der Waals surface area contributed by atoms with Crippen molar-refractivity contribution in [3.63, 3.8) is 0 Å². The van der Waals surface area contributed by atoms with E-state index in [9.17, 15) is 4.79 Å². The van der Waals surface area contributed by atoms with Crippen molar-refractivity contribution >= 4 is 11.3 Å². The summed E-state index contributed by atoms with van der Waals surface area (Å²) >= 11 is 1.23. The average molecular weight is 192 g/mol. The summed E-state index contributed by atoms with van der Waals surface area (Å²) in [5.74, 6) is 0. The molecule has 0 unspecified atom stereocenters. The number of aromatic nitrogens is 2. The minimum Gasteiger partial charge on any atom is -0.312 e. The Morgan fingerprint density at radius 3 is 2.62 bits per heavy atom. The zero-order chi connectivity index (χ0) is 9.26. The Labute approximate surface area is 79.1 Å². The van der Waals surface area contributed by atoms with Crippen molar-refractivity contribution < 1.29 is 0 Å². The van der Waals surface area contributed by atoms with E-state index in [4.69, 9.17) is 0 Å². The molecule has 2 heterocycles. The van der Waals surface area contributed by atoms with Gasteiger partial charge in [0.05, 0.1) is 5.69 Å². The second kappa shape index (κ2) is 3.14. The quantitative estimate of drug-likeness (QED) is 0.749. The normalized spacial score (nSPS) is 10.2. The molecule has 2 aromatic heterocycles. The molecule has 0 aromatic carbocycles. The van der Waals surface area contributed by atoms with Crippen LogP contribution in [0.15, 0.2) is 29.3 Å². The summed E-state index contributed by atoms with van der Waals surface area (Å²) < 4.78 is 0. The summed E-state index contributed by atoms with van der Waals surface area (Å²) in [4.78, 5) is 18.7. The van der Waals surface area contributed by atoms with Gasteiger partial charge >= 0.3 is 4.87 Å². The van der Waals surface area contributed by atoms with Gasteiger partial charge in [0.15, 0.2) is 0 Å². The third kappa shape index (κ3) is 1.53. The third-order valence-electron chi connectivity index (χ3n) is 1.79. The molecule has 0 bridgehead atoms. The summed E-state index contributed by atoms with van der Waals surface area (Å²) in [5.41, 5.74) is 1.91. The molecule has 1 N–H and O–H groups in total. The van der Waals surface area contributed by atoms with E-state index in [1.54, 1.807) is 12.4 Å². The second-order valence-corrected chi connectivity index (χ2v) is 3.87. The van der Waals surface area contributed by atoms with Gasteiger partial charge in [-0.3, -0.25) is 9.78 Å². The van der Waals surface area contributed by atoms with Gasteiger partial charge in [0.2, 0.25) is 0 Å². The molecule has 0 spiro atoms.